The maximum Gasteiger partial charge on any atom is 0.0991 e. The van der Waals surface area contributed by atoms with E-state index in [0.29, 0.717) is 16.7 Å². The number of rotatable bonds is 3. The van der Waals surface area contributed by atoms with E-state index in [-0.39, 0.29) is 0 Å². The molecule has 0 bridgehead atoms. The molecule has 0 unspecified atom stereocenters. The van der Waals surface area contributed by atoms with Gasteiger partial charge in [-0.1, -0.05) is 48.5 Å². The van der Waals surface area contributed by atoms with E-state index in [4.69, 9.17) is 0 Å². The largest absolute Gasteiger partial charge is 0.309 e. The van der Waals surface area contributed by atoms with Gasteiger partial charge in [-0.15, -0.1) is 0 Å². The highest BCUT2D eigenvalue weighted by atomic mass is 15.0. The first-order valence-electron chi connectivity index (χ1n) is 16.6. The van der Waals surface area contributed by atoms with Gasteiger partial charge in [0.1, 0.15) is 0 Å². The van der Waals surface area contributed by atoms with Gasteiger partial charge in [-0.05, 0) is 97.1 Å². The predicted octanol–water partition coefficient (Wildman–Crippen LogP) is 10.6. The van der Waals surface area contributed by atoms with Crippen LogP contribution in [0.5, 0.6) is 0 Å². The Morgan fingerprint density at radius 3 is 1.45 bits per heavy atom. The lowest BCUT2D eigenvalue weighted by atomic mass is 10.1. The van der Waals surface area contributed by atoms with Crippen molar-refractivity contribution in [3.05, 3.63) is 162 Å². The van der Waals surface area contributed by atoms with Gasteiger partial charge in [0, 0.05) is 49.4 Å². The number of hydrogen-bond donors (Lipinski definition) is 0. The Hall–Kier alpha value is -7.59. The van der Waals surface area contributed by atoms with Crippen LogP contribution in [-0.4, -0.2) is 13.7 Å². The van der Waals surface area contributed by atoms with Crippen LogP contribution in [0.25, 0.3) is 82.5 Å². The Bertz CT molecular complexity index is 3150. The van der Waals surface area contributed by atoms with Crippen LogP contribution in [0.2, 0.25) is 0 Å². The highest BCUT2D eigenvalue weighted by molar-refractivity contribution is 6.26. The van der Waals surface area contributed by atoms with Gasteiger partial charge in [0.2, 0.25) is 0 Å². The Morgan fingerprint density at radius 2 is 0.824 bits per heavy atom. The molecule has 6 nitrogen and oxygen atoms in total. The average molecular weight is 649 g/mol. The van der Waals surface area contributed by atoms with E-state index in [1.807, 2.05) is 54.6 Å². The first-order valence-corrected chi connectivity index (χ1v) is 16.6. The fourth-order valence-electron chi connectivity index (χ4n) is 7.96. The van der Waals surface area contributed by atoms with Crippen LogP contribution in [0, 0.1) is 34.0 Å². The van der Waals surface area contributed by atoms with E-state index in [1.165, 1.54) is 5.39 Å². The van der Waals surface area contributed by atoms with Crippen molar-refractivity contribution in [3.63, 3.8) is 0 Å². The zero-order valence-corrected chi connectivity index (χ0v) is 27.0. The number of fused-ring (bicyclic) bond motifs is 10. The van der Waals surface area contributed by atoms with Crippen LogP contribution < -0.4 is 0 Å². The Kier molecular flexibility index (Phi) is 5.97. The molecule has 0 aliphatic carbocycles. The number of hydrogen-bond acceptors (Lipinski definition) is 3. The number of aromatic nitrogens is 3. The number of nitriles is 3. The minimum atomic E-state index is 0.568. The molecule has 0 atom stereocenters. The summed E-state index contributed by atoms with van der Waals surface area (Å²) in [5, 5.41) is 35.7. The highest BCUT2D eigenvalue weighted by Crippen LogP contribution is 2.42. The van der Waals surface area contributed by atoms with Gasteiger partial charge in [-0.2, -0.15) is 15.8 Å². The molecule has 0 fully saturated rings. The average Bonchev–Trinajstić information content (AvgIpc) is 3.82. The van der Waals surface area contributed by atoms with E-state index in [0.717, 1.165) is 77.1 Å². The molecule has 3 heterocycles. The Balaban J connectivity index is 1.31. The summed E-state index contributed by atoms with van der Waals surface area (Å²) in [4.78, 5) is 0. The van der Waals surface area contributed by atoms with Crippen molar-refractivity contribution < 1.29 is 0 Å². The molecule has 0 saturated carbocycles. The molecule has 10 aromatic rings. The lowest BCUT2D eigenvalue weighted by Gasteiger charge is -2.13. The molecule has 0 saturated heterocycles. The molecule has 234 valence electrons. The van der Waals surface area contributed by atoms with Gasteiger partial charge in [-0.25, -0.2) is 0 Å². The summed E-state index contributed by atoms with van der Waals surface area (Å²) in [6.07, 6.45) is 0. The summed E-state index contributed by atoms with van der Waals surface area (Å²) < 4.78 is 6.83. The van der Waals surface area contributed by atoms with Crippen LogP contribution in [-0.2, 0) is 0 Å². The van der Waals surface area contributed by atoms with Crippen LogP contribution >= 0.6 is 0 Å². The summed E-state index contributed by atoms with van der Waals surface area (Å²) in [5.41, 5.74) is 10.9. The molecule has 3 aromatic heterocycles. The zero-order valence-electron chi connectivity index (χ0n) is 27.0. The minimum Gasteiger partial charge on any atom is -0.309 e. The summed E-state index contributed by atoms with van der Waals surface area (Å²) in [6, 6.07) is 56.1. The van der Waals surface area contributed by atoms with Gasteiger partial charge < -0.3 is 13.7 Å². The smallest absolute Gasteiger partial charge is 0.0991 e. The highest BCUT2D eigenvalue weighted by Gasteiger charge is 2.22. The van der Waals surface area contributed by atoms with Crippen molar-refractivity contribution in [3.8, 4) is 35.3 Å². The first-order chi connectivity index (χ1) is 25.2. The third kappa shape index (κ3) is 4.01. The molecule has 6 heteroatoms. The third-order valence-corrected chi connectivity index (χ3v) is 10.1. The van der Waals surface area contributed by atoms with E-state index in [1.54, 1.807) is 0 Å². The fourth-order valence-corrected chi connectivity index (χ4v) is 7.96. The second kappa shape index (κ2) is 10.7. The molecule has 0 aliphatic heterocycles. The first kappa shape index (κ1) is 28.4. The maximum absolute atomic E-state index is 10.0. The van der Waals surface area contributed by atoms with Gasteiger partial charge in [0.25, 0.3) is 0 Å². The van der Waals surface area contributed by atoms with Gasteiger partial charge in [-0.3, -0.25) is 0 Å². The van der Waals surface area contributed by atoms with Crippen molar-refractivity contribution in [2.24, 2.45) is 0 Å². The Morgan fingerprint density at radius 1 is 0.333 bits per heavy atom. The predicted molar refractivity (Wildman–Crippen MR) is 204 cm³/mol. The van der Waals surface area contributed by atoms with E-state index >= 15 is 0 Å². The molecule has 0 N–H and O–H groups in total. The van der Waals surface area contributed by atoms with Crippen LogP contribution in [0.3, 0.4) is 0 Å². The van der Waals surface area contributed by atoms with Crippen LogP contribution in [0.1, 0.15) is 16.7 Å². The third-order valence-electron chi connectivity index (χ3n) is 10.1. The molecule has 51 heavy (non-hydrogen) atoms. The summed E-state index contributed by atoms with van der Waals surface area (Å²) in [5.74, 6) is 0. The molecular weight excluding hydrogens is 625 g/mol. The van der Waals surface area contributed by atoms with E-state index < -0.39 is 0 Å². The van der Waals surface area contributed by atoms with E-state index in [2.05, 4.69) is 123 Å². The molecule has 0 aliphatic rings. The topological polar surface area (TPSA) is 86.2 Å². The van der Waals surface area contributed by atoms with Crippen molar-refractivity contribution in [2.45, 2.75) is 0 Å². The summed E-state index contributed by atoms with van der Waals surface area (Å²) in [6.45, 7) is 0. The lowest BCUT2D eigenvalue weighted by molar-refractivity contribution is 1.13. The fraction of sp³-hybridized carbons (Fsp3) is 0. The minimum absolute atomic E-state index is 0.568. The molecular formula is C45H24N6. The summed E-state index contributed by atoms with van der Waals surface area (Å²) >= 11 is 0. The SMILES string of the molecule is N#Cc1ccc2c(c1)c1cc(C#N)ccc1n2-c1cccc(-n2c3ccc(C#N)cc3c3c2ccc2c4ccccc4n(-c4ccccc4)c23)c1. The van der Waals surface area contributed by atoms with Gasteiger partial charge >= 0.3 is 0 Å². The second-order valence-electron chi connectivity index (χ2n) is 12.8. The zero-order chi connectivity index (χ0) is 34.2. The standard InChI is InChI=1S/C45H24N6/c46-25-28-13-17-40-36(21-28)37-22-29(26-47)14-18-41(37)49(40)32-9-6-10-33(24-32)50-42-19-15-30(27-48)23-38(42)44-43(50)20-16-35-34-11-4-5-12-39(34)51(45(35)44)31-7-2-1-3-8-31/h1-24H. The quantitative estimate of drug-likeness (QED) is 0.191. The monoisotopic (exact) mass is 648 g/mol. The molecule has 7 aromatic carbocycles. The number of para-hydroxylation sites is 2. The van der Waals surface area contributed by atoms with E-state index in [9.17, 15) is 15.8 Å². The van der Waals surface area contributed by atoms with Crippen molar-refractivity contribution in [2.75, 3.05) is 0 Å². The van der Waals surface area contributed by atoms with Gasteiger partial charge in [0.05, 0.1) is 68.0 Å². The second-order valence-corrected chi connectivity index (χ2v) is 12.8. The van der Waals surface area contributed by atoms with Crippen molar-refractivity contribution >= 4 is 65.4 Å². The number of benzene rings is 7. The van der Waals surface area contributed by atoms with Crippen LogP contribution in [0.4, 0.5) is 0 Å². The number of nitrogens with zero attached hydrogens (tertiary/aromatic N) is 6. The van der Waals surface area contributed by atoms with Gasteiger partial charge in [0.15, 0.2) is 0 Å². The maximum atomic E-state index is 10.0. The molecule has 0 amide bonds. The van der Waals surface area contributed by atoms with Crippen molar-refractivity contribution in [1.29, 1.82) is 15.8 Å². The van der Waals surface area contributed by atoms with Crippen LogP contribution in [0.15, 0.2) is 146 Å². The van der Waals surface area contributed by atoms with Crippen molar-refractivity contribution in [1.82, 2.24) is 13.7 Å². The molecule has 10 rings (SSSR count). The lowest BCUT2D eigenvalue weighted by Crippen LogP contribution is -1.99. The molecule has 0 spiro atoms. The summed E-state index contributed by atoms with van der Waals surface area (Å²) in [7, 11) is 0. The Labute approximate surface area is 291 Å². The molecule has 0 radical (unpaired) electrons. The normalized spacial score (nSPS) is 11.5.